The molecule has 0 aliphatic heterocycles. The van der Waals surface area contributed by atoms with E-state index in [4.69, 9.17) is 16.2 Å². The molecule has 0 aromatic heterocycles. The second kappa shape index (κ2) is 9.02. The van der Waals surface area contributed by atoms with Crippen molar-refractivity contribution < 1.29 is 4.74 Å². The monoisotopic (exact) mass is 363 g/mol. The predicted octanol–water partition coefficient (Wildman–Crippen LogP) is 2.50. The lowest BCUT2D eigenvalue weighted by Crippen LogP contribution is -2.22. The molecule has 4 nitrogen and oxygen atoms in total. The van der Waals surface area contributed by atoms with Gasteiger partial charge >= 0.3 is 0 Å². The summed E-state index contributed by atoms with van der Waals surface area (Å²) in [4.78, 5) is 3.99. The van der Waals surface area contributed by atoms with Crippen LogP contribution in [0.5, 0.6) is 5.75 Å². The fourth-order valence-corrected chi connectivity index (χ4v) is 1.36. The zero-order chi connectivity index (χ0) is 12.7. The lowest BCUT2D eigenvalue weighted by Gasteiger charge is -2.11. The van der Waals surface area contributed by atoms with Crippen molar-refractivity contribution in [1.29, 1.82) is 0 Å². The zero-order valence-electron chi connectivity index (χ0n) is 10.9. The highest BCUT2D eigenvalue weighted by Crippen LogP contribution is 2.19. The molecule has 0 amide bonds. The van der Waals surface area contributed by atoms with Crippen LogP contribution in [0.2, 0.25) is 0 Å². The van der Waals surface area contributed by atoms with Gasteiger partial charge < -0.3 is 16.2 Å². The highest BCUT2D eigenvalue weighted by molar-refractivity contribution is 14.0. The lowest BCUT2D eigenvalue weighted by atomic mass is 10.1. The third-order valence-electron chi connectivity index (χ3n) is 2.36. The van der Waals surface area contributed by atoms with E-state index in [0.29, 0.717) is 12.5 Å². The summed E-state index contributed by atoms with van der Waals surface area (Å²) in [6.45, 7) is 5.53. The van der Waals surface area contributed by atoms with Crippen LogP contribution in [0.1, 0.15) is 25.8 Å². The van der Waals surface area contributed by atoms with E-state index in [0.717, 1.165) is 24.3 Å². The first-order chi connectivity index (χ1) is 8.09. The van der Waals surface area contributed by atoms with Gasteiger partial charge in [-0.3, -0.25) is 0 Å². The van der Waals surface area contributed by atoms with Crippen LogP contribution in [-0.4, -0.2) is 12.6 Å². The molecule has 0 aliphatic rings. The van der Waals surface area contributed by atoms with Gasteiger partial charge in [0.25, 0.3) is 0 Å². The van der Waals surface area contributed by atoms with Gasteiger partial charge in [-0.25, -0.2) is 4.99 Å². The summed E-state index contributed by atoms with van der Waals surface area (Å²) >= 11 is 0. The fourth-order valence-electron chi connectivity index (χ4n) is 1.36. The highest BCUT2D eigenvalue weighted by Gasteiger charge is 2.02. The molecule has 0 bridgehead atoms. The molecule has 0 spiro atoms. The standard InChI is InChI=1S/C13H21N3O.HI/c1-10(2)7-8-17-12-6-4-3-5-11(12)9-16-13(14)15;/h3-6,10H,7-9H2,1-2H3,(H4,14,15,16);1H. The van der Waals surface area contributed by atoms with Gasteiger partial charge in [0.2, 0.25) is 0 Å². The Labute approximate surface area is 126 Å². The van der Waals surface area contributed by atoms with Gasteiger partial charge in [-0.2, -0.15) is 0 Å². The average molecular weight is 363 g/mol. The van der Waals surface area contributed by atoms with E-state index in [9.17, 15) is 0 Å². The Morgan fingerprint density at radius 3 is 2.56 bits per heavy atom. The Hall–Kier alpha value is -0.980. The van der Waals surface area contributed by atoms with Gasteiger partial charge in [-0.05, 0) is 18.4 Å². The van der Waals surface area contributed by atoms with Crippen molar-refractivity contribution in [3.05, 3.63) is 29.8 Å². The van der Waals surface area contributed by atoms with Crippen LogP contribution in [-0.2, 0) is 6.54 Å². The minimum absolute atomic E-state index is 0. The molecule has 1 aromatic carbocycles. The van der Waals surface area contributed by atoms with E-state index in [1.165, 1.54) is 0 Å². The van der Waals surface area contributed by atoms with Gasteiger partial charge in [-0.15, -0.1) is 24.0 Å². The van der Waals surface area contributed by atoms with Crippen molar-refractivity contribution in [2.45, 2.75) is 26.8 Å². The van der Waals surface area contributed by atoms with Crippen LogP contribution < -0.4 is 16.2 Å². The maximum absolute atomic E-state index is 5.73. The maximum Gasteiger partial charge on any atom is 0.186 e. The predicted molar refractivity (Wildman–Crippen MR) is 86.3 cm³/mol. The molecule has 0 saturated heterocycles. The second-order valence-corrected chi connectivity index (χ2v) is 4.38. The number of ether oxygens (including phenoxy) is 1. The summed E-state index contributed by atoms with van der Waals surface area (Å²) in [6.07, 6.45) is 1.04. The average Bonchev–Trinajstić information content (AvgIpc) is 2.27. The van der Waals surface area contributed by atoms with Crippen LogP contribution in [0.4, 0.5) is 0 Å². The number of para-hydroxylation sites is 1. The quantitative estimate of drug-likeness (QED) is 0.463. The zero-order valence-corrected chi connectivity index (χ0v) is 13.3. The van der Waals surface area contributed by atoms with Crippen molar-refractivity contribution in [2.24, 2.45) is 22.4 Å². The molecule has 0 radical (unpaired) electrons. The third kappa shape index (κ3) is 6.68. The normalized spacial score (nSPS) is 9.72. The molecule has 5 heteroatoms. The molecule has 0 unspecified atom stereocenters. The van der Waals surface area contributed by atoms with Crippen LogP contribution in [0, 0.1) is 5.92 Å². The first kappa shape index (κ1) is 17.0. The molecule has 1 aromatic rings. The number of nitrogens with two attached hydrogens (primary N) is 2. The van der Waals surface area contributed by atoms with Crippen molar-refractivity contribution in [3.8, 4) is 5.75 Å². The Balaban J connectivity index is 0.00000289. The summed E-state index contributed by atoms with van der Waals surface area (Å²) in [7, 11) is 0. The van der Waals surface area contributed by atoms with Crippen molar-refractivity contribution in [2.75, 3.05) is 6.61 Å². The molecule has 0 aliphatic carbocycles. The van der Waals surface area contributed by atoms with Gasteiger partial charge in [0, 0.05) is 5.56 Å². The number of rotatable bonds is 6. The number of benzene rings is 1. The lowest BCUT2D eigenvalue weighted by molar-refractivity contribution is 0.287. The number of guanidine groups is 1. The van der Waals surface area contributed by atoms with Crippen LogP contribution in [0.15, 0.2) is 29.3 Å². The van der Waals surface area contributed by atoms with E-state index in [1.807, 2.05) is 24.3 Å². The van der Waals surface area contributed by atoms with Gasteiger partial charge in [0.1, 0.15) is 5.75 Å². The highest BCUT2D eigenvalue weighted by atomic mass is 127. The van der Waals surface area contributed by atoms with E-state index in [2.05, 4.69) is 18.8 Å². The van der Waals surface area contributed by atoms with Crippen LogP contribution in [0.3, 0.4) is 0 Å². The number of aliphatic imine (C=N–C) groups is 1. The Morgan fingerprint density at radius 2 is 1.94 bits per heavy atom. The summed E-state index contributed by atoms with van der Waals surface area (Å²) in [5, 5.41) is 0. The molecule has 4 N–H and O–H groups in total. The van der Waals surface area contributed by atoms with Crippen molar-refractivity contribution >= 4 is 29.9 Å². The van der Waals surface area contributed by atoms with E-state index >= 15 is 0 Å². The first-order valence-electron chi connectivity index (χ1n) is 5.85. The molecular weight excluding hydrogens is 341 g/mol. The smallest absolute Gasteiger partial charge is 0.186 e. The molecule has 0 heterocycles. The minimum Gasteiger partial charge on any atom is -0.493 e. The number of halogens is 1. The molecule has 1 rings (SSSR count). The van der Waals surface area contributed by atoms with Crippen molar-refractivity contribution in [3.63, 3.8) is 0 Å². The van der Waals surface area contributed by atoms with Crippen LogP contribution >= 0.6 is 24.0 Å². The molecule has 0 atom stereocenters. The minimum atomic E-state index is 0. The van der Waals surface area contributed by atoms with Gasteiger partial charge in [-0.1, -0.05) is 32.0 Å². The van der Waals surface area contributed by atoms with Crippen LogP contribution in [0.25, 0.3) is 0 Å². The topological polar surface area (TPSA) is 73.6 Å². The Morgan fingerprint density at radius 1 is 1.28 bits per heavy atom. The summed E-state index contributed by atoms with van der Waals surface area (Å²) in [5.41, 5.74) is 11.6. The van der Waals surface area contributed by atoms with Gasteiger partial charge in [0.05, 0.1) is 13.2 Å². The Kier molecular flexibility index (Phi) is 8.53. The second-order valence-electron chi connectivity index (χ2n) is 4.38. The molecule has 18 heavy (non-hydrogen) atoms. The maximum atomic E-state index is 5.73. The SMILES string of the molecule is CC(C)CCOc1ccccc1CN=C(N)N.I. The van der Waals surface area contributed by atoms with E-state index < -0.39 is 0 Å². The summed E-state index contributed by atoms with van der Waals surface area (Å²) in [5.74, 6) is 1.60. The first-order valence-corrected chi connectivity index (χ1v) is 5.85. The largest absolute Gasteiger partial charge is 0.493 e. The van der Waals surface area contributed by atoms with E-state index in [1.54, 1.807) is 0 Å². The molecular formula is C13H22IN3O. The fraction of sp³-hybridized carbons (Fsp3) is 0.462. The number of hydrogen-bond acceptors (Lipinski definition) is 2. The van der Waals surface area contributed by atoms with Gasteiger partial charge in [0.15, 0.2) is 5.96 Å². The van der Waals surface area contributed by atoms with Crippen molar-refractivity contribution in [1.82, 2.24) is 0 Å². The summed E-state index contributed by atoms with van der Waals surface area (Å²) in [6, 6.07) is 7.81. The number of nitrogens with zero attached hydrogens (tertiary/aromatic N) is 1. The third-order valence-corrected chi connectivity index (χ3v) is 2.36. The Bertz CT molecular complexity index is 376. The molecule has 102 valence electrons. The molecule has 0 fully saturated rings. The molecule has 0 saturated carbocycles. The van der Waals surface area contributed by atoms with E-state index in [-0.39, 0.29) is 29.9 Å². The number of hydrogen-bond donors (Lipinski definition) is 2. The summed E-state index contributed by atoms with van der Waals surface area (Å²) < 4.78 is 5.73.